The quantitative estimate of drug-likeness (QED) is 0.484. The largest absolute Gasteiger partial charge is 0.353 e. The number of hydrogen-bond acceptors (Lipinski definition) is 2. The van der Waals surface area contributed by atoms with E-state index in [1.54, 1.807) is 0 Å². The van der Waals surface area contributed by atoms with Crippen LogP contribution in [-0.4, -0.2) is 9.97 Å². The van der Waals surface area contributed by atoms with Crippen molar-refractivity contribution in [3.05, 3.63) is 40.4 Å². The van der Waals surface area contributed by atoms with Crippen LogP contribution in [0.1, 0.15) is 16.0 Å². The molecule has 3 aromatic heterocycles. The van der Waals surface area contributed by atoms with Crippen LogP contribution in [0.4, 0.5) is 0 Å². The van der Waals surface area contributed by atoms with E-state index < -0.39 is 0 Å². The Bertz CT molecular complexity index is 944. The second-order valence-electron chi connectivity index (χ2n) is 5.11. The third-order valence-electron chi connectivity index (χ3n) is 4.03. The van der Waals surface area contributed by atoms with Crippen molar-refractivity contribution in [2.75, 3.05) is 0 Å². The van der Waals surface area contributed by atoms with E-state index >= 15 is 0 Å². The Morgan fingerprint density at radius 2 is 1.95 bits per heavy atom. The van der Waals surface area contributed by atoms with E-state index in [0.717, 1.165) is 11.0 Å². The van der Waals surface area contributed by atoms with E-state index in [0.29, 0.717) is 0 Å². The predicted molar refractivity (Wildman–Crippen MR) is 83.2 cm³/mol. The Morgan fingerprint density at radius 1 is 1.11 bits per heavy atom. The molecule has 0 fully saturated rings. The van der Waals surface area contributed by atoms with Crippen LogP contribution < -0.4 is 0 Å². The summed E-state index contributed by atoms with van der Waals surface area (Å²) in [6, 6.07) is 6.36. The number of benzene rings is 1. The standard InChI is InChI=1S/C16H14N2S/c1-8-10(3)19-16-9(2)14-12(7-11(8)16)15-13(18-14)5-4-6-17-15/h4-7,18H,1-3H3. The topological polar surface area (TPSA) is 28.7 Å². The van der Waals surface area contributed by atoms with Crippen LogP contribution in [-0.2, 0) is 0 Å². The van der Waals surface area contributed by atoms with Crippen molar-refractivity contribution in [3.8, 4) is 0 Å². The van der Waals surface area contributed by atoms with Gasteiger partial charge in [-0.2, -0.15) is 0 Å². The number of nitrogens with zero attached hydrogens (tertiary/aromatic N) is 1. The number of aromatic nitrogens is 2. The Kier molecular flexibility index (Phi) is 2.07. The highest BCUT2D eigenvalue weighted by Gasteiger charge is 2.14. The van der Waals surface area contributed by atoms with Crippen molar-refractivity contribution < 1.29 is 0 Å². The Hall–Kier alpha value is -1.87. The molecular formula is C16H14N2S. The van der Waals surface area contributed by atoms with Gasteiger partial charge in [0.15, 0.2) is 0 Å². The molecular weight excluding hydrogens is 252 g/mol. The van der Waals surface area contributed by atoms with Gasteiger partial charge in [0, 0.05) is 21.2 Å². The molecule has 0 aliphatic heterocycles. The van der Waals surface area contributed by atoms with Crippen LogP contribution in [0.25, 0.3) is 32.0 Å². The summed E-state index contributed by atoms with van der Waals surface area (Å²) >= 11 is 1.89. The number of fused-ring (bicyclic) bond motifs is 4. The number of hydrogen-bond donors (Lipinski definition) is 1. The molecule has 3 heterocycles. The molecule has 0 bridgehead atoms. The Balaban J connectivity index is 2.32. The molecule has 0 amide bonds. The fourth-order valence-electron chi connectivity index (χ4n) is 2.83. The molecule has 0 aliphatic rings. The van der Waals surface area contributed by atoms with Crippen molar-refractivity contribution >= 4 is 43.4 Å². The van der Waals surface area contributed by atoms with Gasteiger partial charge >= 0.3 is 0 Å². The average molecular weight is 266 g/mol. The van der Waals surface area contributed by atoms with E-state index in [9.17, 15) is 0 Å². The molecule has 0 spiro atoms. The summed E-state index contributed by atoms with van der Waals surface area (Å²) in [6.07, 6.45) is 1.86. The third kappa shape index (κ3) is 1.33. The summed E-state index contributed by atoms with van der Waals surface area (Å²) in [5, 5.41) is 2.61. The molecule has 3 heteroatoms. The summed E-state index contributed by atoms with van der Waals surface area (Å²) in [6.45, 7) is 6.61. The summed E-state index contributed by atoms with van der Waals surface area (Å²) in [5.74, 6) is 0. The summed E-state index contributed by atoms with van der Waals surface area (Å²) in [7, 11) is 0. The number of nitrogens with one attached hydrogen (secondary N) is 1. The van der Waals surface area contributed by atoms with Crippen LogP contribution in [0.15, 0.2) is 24.4 Å². The number of rotatable bonds is 0. The van der Waals surface area contributed by atoms with Crippen molar-refractivity contribution in [3.63, 3.8) is 0 Å². The molecule has 0 radical (unpaired) electrons. The van der Waals surface area contributed by atoms with Gasteiger partial charge in [-0.25, -0.2) is 0 Å². The molecule has 0 atom stereocenters. The van der Waals surface area contributed by atoms with Gasteiger partial charge in [-0.15, -0.1) is 11.3 Å². The smallest absolute Gasteiger partial charge is 0.0957 e. The van der Waals surface area contributed by atoms with Crippen LogP contribution in [0.5, 0.6) is 0 Å². The summed E-state index contributed by atoms with van der Waals surface area (Å²) in [5.41, 5.74) is 6.16. The third-order valence-corrected chi connectivity index (χ3v) is 5.37. The van der Waals surface area contributed by atoms with Crippen molar-refractivity contribution in [1.82, 2.24) is 9.97 Å². The molecule has 1 aromatic carbocycles. The van der Waals surface area contributed by atoms with Crippen molar-refractivity contribution in [2.24, 2.45) is 0 Å². The van der Waals surface area contributed by atoms with Gasteiger partial charge in [-0.1, -0.05) is 0 Å². The maximum absolute atomic E-state index is 4.53. The maximum atomic E-state index is 4.53. The number of H-pyrrole nitrogens is 1. The van der Waals surface area contributed by atoms with E-state index in [4.69, 9.17) is 0 Å². The minimum atomic E-state index is 1.07. The lowest BCUT2D eigenvalue weighted by molar-refractivity contribution is 1.41. The zero-order chi connectivity index (χ0) is 13.1. The number of aromatic amines is 1. The molecule has 0 saturated heterocycles. The van der Waals surface area contributed by atoms with Gasteiger partial charge < -0.3 is 4.98 Å². The molecule has 0 saturated carbocycles. The van der Waals surface area contributed by atoms with Gasteiger partial charge in [0.2, 0.25) is 0 Å². The Morgan fingerprint density at radius 3 is 2.79 bits per heavy atom. The lowest BCUT2D eigenvalue weighted by atomic mass is 10.1. The van der Waals surface area contributed by atoms with Crippen LogP contribution >= 0.6 is 11.3 Å². The van der Waals surface area contributed by atoms with E-state index in [1.165, 1.54) is 37.0 Å². The number of thiophene rings is 1. The second-order valence-corrected chi connectivity index (χ2v) is 6.33. The van der Waals surface area contributed by atoms with E-state index in [1.807, 2.05) is 23.6 Å². The fourth-order valence-corrected chi connectivity index (χ4v) is 3.98. The van der Waals surface area contributed by atoms with Crippen LogP contribution in [0, 0.1) is 20.8 Å². The highest BCUT2D eigenvalue weighted by atomic mass is 32.1. The van der Waals surface area contributed by atoms with Crippen molar-refractivity contribution in [2.45, 2.75) is 20.8 Å². The van der Waals surface area contributed by atoms with E-state index in [2.05, 4.69) is 42.9 Å². The summed E-state index contributed by atoms with van der Waals surface area (Å²) in [4.78, 5) is 9.44. The fraction of sp³-hybridized carbons (Fsp3) is 0.188. The normalized spacial score (nSPS) is 11.9. The van der Waals surface area contributed by atoms with Gasteiger partial charge in [-0.05, 0) is 55.5 Å². The molecule has 0 unspecified atom stereocenters. The first kappa shape index (κ1) is 11.0. The molecule has 2 nitrogen and oxygen atoms in total. The SMILES string of the molecule is Cc1sc2c(C)c3[nH]c4cccnc4c3cc2c1C. The van der Waals surface area contributed by atoms with Crippen LogP contribution in [0.3, 0.4) is 0 Å². The number of aryl methyl sites for hydroxylation is 3. The average Bonchev–Trinajstić information content (AvgIpc) is 2.92. The maximum Gasteiger partial charge on any atom is 0.0957 e. The lowest BCUT2D eigenvalue weighted by Crippen LogP contribution is -1.78. The second kappa shape index (κ2) is 3.58. The van der Waals surface area contributed by atoms with Gasteiger partial charge in [-0.3, -0.25) is 4.98 Å². The zero-order valence-corrected chi connectivity index (χ0v) is 12.0. The minimum Gasteiger partial charge on any atom is -0.353 e. The minimum absolute atomic E-state index is 1.07. The molecule has 1 N–H and O–H groups in total. The monoisotopic (exact) mass is 266 g/mol. The van der Waals surface area contributed by atoms with Gasteiger partial charge in [0.05, 0.1) is 16.6 Å². The molecule has 4 rings (SSSR count). The molecule has 0 aliphatic carbocycles. The predicted octanol–water partition coefficient (Wildman–Crippen LogP) is 4.86. The van der Waals surface area contributed by atoms with Crippen molar-refractivity contribution in [1.29, 1.82) is 0 Å². The number of pyridine rings is 1. The molecule has 19 heavy (non-hydrogen) atoms. The molecule has 94 valence electrons. The Labute approximate surface area is 115 Å². The first-order valence-electron chi connectivity index (χ1n) is 6.42. The van der Waals surface area contributed by atoms with Gasteiger partial charge in [0.25, 0.3) is 0 Å². The summed E-state index contributed by atoms with van der Waals surface area (Å²) < 4.78 is 1.40. The molecule has 4 aromatic rings. The highest BCUT2D eigenvalue weighted by molar-refractivity contribution is 7.19. The lowest BCUT2D eigenvalue weighted by Gasteiger charge is -1.99. The first-order valence-corrected chi connectivity index (χ1v) is 7.24. The van der Waals surface area contributed by atoms with E-state index in [-0.39, 0.29) is 0 Å². The van der Waals surface area contributed by atoms with Crippen LogP contribution in [0.2, 0.25) is 0 Å². The van der Waals surface area contributed by atoms with Gasteiger partial charge in [0.1, 0.15) is 0 Å². The highest BCUT2D eigenvalue weighted by Crippen LogP contribution is 2.38. The zero-order valence-electron chi connectivity index (χ0n) is 11.2. The first-order chi connectivity index (χ1) is 9.16.